The molecule has 0 unspecified atom stereocenters. The molecule has 3 N–H and O–H groups in total. The Bertz CT molecular complexity index is 1130. The number of fused-ring (bicyclic) bond motifs is 1. The summed E-state index contributed by atoms with van der Waals surface area (Å²) in [5.74, 6) is 1.30. The van der Waals surface area contributed by atoms with E-state index in [0.29, 0.717) is 29.6 Å². The van der Waals surface area contributed by atoms with E-state index in [1.807, 2.05) is 55.5 Å². The summed E-state index contributed by atoms with van der Waals surface area (Å²) in [7, 11) is 1.61. The molecule has 0 bridgehead atoms. The lowest BCUT2D eigenvalue weighted by atomic mass is 9.82. The summed E-state index contributed by atoms with van der Waals surface area (Å²) in [5.41, 5.74) is 9.53. The summed E-state index contributed by atoms with van der Waals surface area (Å²) in [4.78, 5) is 0. The topological polar surface area (TPSA) is 106 Å². The number of aromatic amines is 1. The van der Waals surface area contributed by atoms with Crippen LogP contribution in [0.1, 0.15) is 24.0 Å². The lowest BCUT2D eigenvalue weighted by Crippen LogP contribution is -2.21. The first-order valence-corrected chi connectivity index (χ1v) is 9.19. The van der Waals surface area contributed by atoms with Crippen LogP contribution in [0.5, 0.6) is 17.4 Å². The van der Waals surface area contributed by atoms with Gasteiger partial charge in [0, 0.05) is 11.1 Å². The maximum Gasteiger partial charge on any atom is 0.244 e. The highest BCUT2D eigenvalue weighted by atomic mass is 16.5. The number of rotatable bonds is 5. The van der Waals surface area contributed by atoms with Crippen LogP contribution in [0.4, 0.5) is 0 Å². The minimum Gasteiger partial charge on any atom is -0.497 e. The van der Waals surface area contributed by atoms with Gasteiger partial charge in [-0.25, -0.2) is 0 Å². The number of nitrogens with two attached hydrogens (primary N) is 1. The number of aromatic nitrogens is 2. The lowest BCUT2D eigenvalue weighted by molar-refractivity contribution is 0.334. The summed E-state index contributed by atoms with van der Waals surface area (Å²) in [6.45, 7) is 2.42. The number of methoxy groups -OCH3 is 1. The molecule has 29 heavy (non-hydrogen) atoms. The van der Waals surface area contributed by atoms with Gasteiger partial charge in [0.25, 0.3) is 0 Å². The number of benzene rings is 2. The molecule has 1 aromatic heterocycles. The van der Waals surface area contributed by atoms with Crippen LogP contribution in [-0.2, 0) is 0 Å². The summed E-state index contributed by atoms with van der Waals surface area (Å²) in [5, 5.41) is 17.2. The third kappa shape index (κ3) is 3.15. The van der Waals surface area contributed by atoms with E-state index in [2.05, 4.69) is 16.3 Å². The number of H-pyrrole nitrogens is 1. The molecule has 7 nitrogen and oxygen atoms in total. The highest BCUT2D eigenvalue weighted by Gasteiger charge is 2.37. The smallest absolute Gasteiger partial charge is 0.244 e. The molecule has 1 atom stereocenters. The van der Waals surface area contributed by atoms with Crippen molar-refractivity contribution in [2.45, 2.75) is 12.8 Å². The van der Waals surface area contributed by atoms with E-state index < -0.39 is 5.92 Å². The first-order chi connectivity index (χ1) is 14.2. The molecule has 1 aliphatic heterocycles. The Morgan fingerprint density at radius 3 is 2.83 bits per heavy atom. The molecule has 7 heteroatoms. The maximum absolute atomic E-state index is 9.86. The van der Waals surface area contributed by atoms with Crippen LogP contribution < -0.4 is 19.9 Å². The van der Waals surface area contributed by atoms with Crippen molar-refractivity contribution in [1.29, 1.82) is 5.26 Å². The molecule has 0 radical (unpaired) electrons. The number of para-hydroxylation sites is 1. The molecule has 3 aromatic rings. The van der Waals surface area contributed by atoms with E-state index in [1.54, 1.807) is 7.11 Å². The van der Waals surface area contributed by atoms with Crippen molar-refractivity contribution < 1.29 is 14.2 Å². The minimum absolute atomic E-state index is 0.0417. The quantitative estimate of drug-likeness (QED) is 0.690. The van der Waals surface area contributed by atoms with E-state index in [1.165, 1.54) is 0 Å². The van der Waals surface area contributed by atoms with Crippen LogP contribution >= 0.6 is 0 Å². The molecular weight excluding hydrogens is 368 g/mol. The Morgan fingerprint density at radius 2 is 2.07 bits per heavy atom. The van der Waals surface area contributed by atoms with Crippen LogP contribution in [0, 0.1) is 11.3 Å². The van der Waals surface area contributed by atoms with E-state index >= 15 is 0 Å². The van der Waals surface area contributed by atoms with Crippen LogP contribution in [0.2, 0.25) is 0 Å². The Kier molecular flexibility index (Phi) is 4.83. The van der Waals surface area contributed by atoms with E-state index in [4.69, 9.17) is 19.9 Å². The van der Waals surface area contributed by atoms with E-state index in [9.17, 15) is 5.26 Å². The lowest BCUT2D eigenvalue weighted by Gasteiger charge is -2.25. The molecule has 4 rings (SSSR count). The Morgan fingerprint density at radius 1 is 1.24 bits per heavy atom. The average Bonchev–Trinajstić information content (AvgIpc) is 3.17. The van der Waals surface area contributed by atoms with Crippen LogP contribution in [-0.4, -0.2) is 23.9 Å². The van der Waals surface area contributed by atoms with Gasteiger partial charge in [-0.1, -0.05) is 30.3 Å². The minimum atomic E-state index is -0.480. The van der Waals surface area contributed by atoms with Gasteiger partial charge in [-0.3, -0.25) is 5.10 Å². The van der Waals surface area contributed by atoms with Gasteiger partial charge >= 0.3 is 0 Å². The number of nitrogens with zero attached hydrogens (tertiary/aromatic N) is 2. The first-order valence-electron chi connectivity index (χ1n) is 9.19. The van der Waals surface area contributed by atoms with Gasteiger partial charge in [0.1, 0.15) is 23.1 Å². The van der Waals surface area contributed by atoms with Crippen LogP contribution in [0.25, 0.3) is 11.3 Å². The van der Waals surface area contributed by atoms with E-state index in [0.717, 1.165) is 22.4 Å². The summed E-state index contributed by atoms with van der Waals surface area (Å²) in [6.07, 6.45) is 0. The second kappa shape index (κ2) is 7.60. The standard InChI is InChI=1S/C22H20N4O3/c1-3-28-17-10-5-4-9-15(17)18-16(12-23)21(24)29-22-19(18)20(25-26-22)13-7-6-8-14(11-13)27-2/h4-11,18H,3,24H2,1-2H3,(H,25,26)/t18-/m0/s1. The van der Waals surface area contributed by atoms with Crippen molar-refractivity contribution >= 4 is 0 Å². The molecule has 0 saturated carbocycles. The average molecular weight is 388 g/mol. The van der Waals surface area contributed by atoms with Gasteiger partial charge in [0.2, 0.25) is 11.8 Å². The summed E-state index contributed by atoms with van der Waals surface area (Å²) < 4.78 is 16.8. The number of ether oxygens (including phenoxy) is 3. The van der Waals surface area contributed by atoms with Gasteiger partial charge in [-0.2, -0.15) is 5.26 Å². The molecule has 0 saturated heterocycles. The highest BCUT2D eigenvalue weighted by molar-refractivity contribution is 5.72. The largest absolute Gasteiger partial charge is 0.497 e. The molecule has 146 valence electrons. The predicted molar refractivity (Wildman–Crippen MR) is 107 cm³/mol. The number of nitrogens with one attached hydrogen (secondary N) is 1. The van der Waals surface area contributed by atoms with Crippen molar-refractivity contribution in [3.63, 3.8) is 0 Å². The van der Waals surface area contributed by atoms with Gasteiger partial charge in [-0.15, -0.1) is 5.10 Å². The third-order valence-corrected chi connectivity index (χ3v) is 4.83. The normalized spacial score (nSPS) is 15.3. The zero-order chi connectivity index (χ0) is 20.4. The second-order valence-electron chi connectivity index (χ2n) is 6.45. The number of allylic oxidation sites excluding steroid dienone is 1. The van der Waals surface area contributed by atoms with Crippen molar-refractivity contribution in [3.8, 4) is 34.7 Å². The maximum atomic E-state index is 9.86. The molecule has 0 aliphatic carbocycles. The zero-order valence-corrected chi connectivity index (χ0v) is 16.1. The Hall–Kier alpha value is -3.92. The fourth-order valence-electron chi connectivity index (χ4n) is 3.56. The van der Waals surface area contributed by atoms with Crippen molar-refractivity contribution in [1.82, 2.24) is 10.2 Å². The van der Waals surface area contributed by atoms with Crippen LogP contribution in [0.3, 0.4) is 0 Å². The monoisotopic (exact) mass is 388 g/mol. The number of hydrogen-bond acceptors (Lipinski definition) is 6. The van der Waals surface area contributed by atoms with Gasteiger partial charge in [0.05, 0.1) is 30.9 Å². The van der Waals surface area contributed by atoms with E-state index in [-0.39, 0.29) is 5.88 Å². The SMILES string of the molecule is CCOc1ccccc1[C@H]1C(C#N)=C(N)Oc2n[nH]c(-c3cccc(OC)c3)c21. The molecule has 2 heterocycles. The zero-order valence-electron chi connectivity index (χ0n) is 16.1. The van der Waals surface area contributed by atoms with Gasteiger partial charge in [-0.05, 0) is 25.1 Å². The van der Waals surface area contributed by atoms with Gasteiger partial charge < -0.3 is 19.9 Å². The molecule has 0 amide bonds. The Labute approximate surface area is 168 Å². The molecule has 2 aromatic carbocycles. The predicted octanol–water partition coefficient (Wildman–Crippen LogP) is 3.70. The summed E-state index contributed by atoms with van der Waals surface area (Å²) >= 11 is 0. The number of hydrogen-bond donors (Lipinski definition) is 2. The highest BCUT2D eigenvalue weighted by Crippen LogP contribution is 2.47. The molecule has 0 spiro atoms. The Balaban J connectivity index is 1.95. The second-order valence-corrected chi connectivity index (χ2v) is 6.45. The fourth-order valence-corrected chi connectivity index (χ4v) is 3.56. The fraction of sp³-hybridized carbons (Fsp3) is 0.182. The van der Waals surface area contributed by atoms with Crippen molar-refractivity contribution in [2.75, 3.05) is 13.7 Å². The van der Waals surface area contributed by atoms with Crippen molar-refractivity contribution in [2.24, 2.45) is 5.73 Å². The van der Waals surface area contributed by atoms with Crippen LogP contribution in [0.15, 0.2) is 60.0 Å². The van der Waals surface area contributed by atoms with Gasteiger partial charge in [0.15, 0.2) is 0 Å². The third-order valence-electron chi connectivity index (χ3n) is 4.83. The molecule has 1 aliphatic rings. The molecular formula is C22H20N4O3. The first kappa shape index (κ1) is 18.4. The molecule has 0 fully saturated rings. The van der Waals surface area contributed by atoms with Crippen molar-refractivity contribution in [3.05, 3.63) is 71.1 Å². The number of nitriles is 1. The summed E-state index contributed by atoms with van der Waals surface area (Å²) in [6, 6.07) is 17.4.